The minimum Gasteiger partial charge on any atom is -0.495 e. The highest BCUT2D eigenvalue weighted by Crippen LogP contribution is 2.34. The van der Waals surface area contributed by atoms with E-state index in [-0.39, 0.29) is 5.37 Å². The average Bonchev–Trinajstić information content (AvgIpc) is 3.67. The topological polar surface area (TPSA) is 115 Å². The summed E-state index contributed by atoms with van der Waals surface area (Å²) >= 11 is 7.71. The number of nitrogens with one attached hydrogen (secondary N) is 2. The lowest BCUT2D eigenvalue weighted by atomic mass is 9.94. The molecule has 1 saturated carbocycles. The van der Waals surface area contributed by atoms with Crippen LogP contribution in [0.15, 0.2) is 36.2 Å². The number of methoxy groups -OCH3 is 1. The van der Waals surface area contributed by atoms with Crippen molar-refractivity contribution in [1.82, 2.24) is 5.32 Å². The first-order chi connectivity index (χ1) is 16.8. The van der Waals surface area contributed by atoms with Gasteiger partial charge in [-0.1, -0.05) is 47.0 Å². The van der Waals surface area contributed by atoms with Crippen LogP contribution in [0.4, 0.5) is 5.69 Å². The van der Waals surface area contributed by atoms with Crippen molar-refractivity contribution in [2.75, 3.05) is 25.6 Å². The Kier molecular flexibility index (Phi) is 8.56. The Hall–Kier alpha value is -2.30. The molecule has 0 aromatic heterocycles. The zero-order valence-corrected chi connectivity index (χ0v) is 21.2. The SMILES string of the molecule is COC1=CNC(Cl)C=C1c1cc(C#CC2(O)CCOCC2)ccc1NC(N)SC(N)C#CC1CC1. The third-order valence-corrected chi connectivity index (χ3v) is 6.91. The minimum absolute atomic E-state index is 0.383. The molecule has 0 spiro atoms. The van der Waals surface area contributed by atoms with Crippen LogP contribution in [0.3, 0.4) is 0 Å². The summed E-state index contributed by atoms with van der Waals surface area (Å²) in [4.78, 5) is 0. The van der Waals surface area contributed by atoms with Gasteiger partial charge in [-0.25, -0.2) is 0 Å². The third-order valence-electron chi connectivity index (χ3n) is 5.84. The van der Waals surface area contributed by atoms with Crippen LogP contribution < -0.4 is 22.1 Å². The number of allylic oxidation sites excluding steroid dienone is 1. The van der Waals surface area contributed by atoms with Gasteiger partial charge in [0.25, 0.3) is 0 Å². The number of hydrogen-bond acceptors (Lipinski definition) is 8. The fourth-order valence-electron chi connectivity index (χ4n) is 3.70. The molecule has 1 aromatic carbocycles. The van der Waals surface area contributed by atoms with E-state index in [1.54, 1.807) is 13.3 Å². The van der Waals surface area contributed by atoms with E-state index in [4.69, 9.17) is 32.5 Å². The summed E-state index contributed by atoms with van der Waals surface area (Å²) in [6.45, 7) is 1.00. The standard InChI is InChI=1S/C26H31ClN4O3S/c1-33-22-16-30-23(27)15-20(22)19-14-18(8-9-26(32)10-12-34-13-11-26)4-6-21(19)31-25(29)35-24(28)7-5-17-2-3-17/h4,6,14-17,23-25,30-32H,2-3,10-13,28-29H2,1H3. The number of nitrogens with two attached hydrogens (primary N) is 2. The molecule has 4 rings (SSSR count). The van der Waals surface area contributed by atoms with E-state index in [0.29, 0.717) is 37.7 Å². The van der Waals surface area contributed by atoms with Crippen LogP contribution in [0, 0.1) is 29.6 Å². The molecule has 0 radical (unpaired) electrons. The molecule has 3 aliphatic rings. The fraction of sp³-hybridized carbons (Fsp3) is 0.462. The number of alkyl halides is 1. The van der Waals surface area contributed by atoms with Gasteiger partial charge in [-0.05, 0) is 37.1 Å². The lowest BCUT2D eigenvalue weighted by molar-refractivity contribution is -0.0261. The molecule has 2 fully saturated rings. The van der Waals surface area contributed by atoms with E-state index in [1.165, 1.54) is 11.8 Å². The van der Waals surface area contributed by atoms with Crippen molar-refractivity contribution in [3.63, 3.8) is 0 Å². The lowest BCUT2D eigenvalue weighted by Crippen LogP contribution is -2.34. The maximum atomic E-state index is 10.7. The van der Waals surface area contributed by atoms with Gasteiger partial charge in [-0.3, -0.25) is 0 Å². The third kappa shape index (κ3) is 7.35. The maximum Gasteiger partial charge on any atom is 0.142 e. The van der Waals surface area contributed by atoms with E-state index in [1.807, 2.05) is 24.3 Å². The van der Waals surface area contributed by atoms with Gasteiger partial charge in [-0.2, -0.15) is 0 Å². The molecule has 7 N–H and O–H groups in total. The fourth-order valence-corrected chi connectivity index (χ4v) is 4.54. The number of rotatable bonds is 6. The summed E-state index contributed by atoms with van der Waals surface area (Å²) in [5.74, 6) is 13.5. The number of thioether (sulfide) groups is 1. The molecular formula is C26H31ClN4O3S. The van der Waals surface area contributed by atoms with Crippen molar-refractivity contribution in [2.45, 2.75) is 47.7 Å². The second-order valence-corrected chi connectivity index (χ2v) is 10.5. The first-order valence-electron chi connectivity index (χ1n) is 11.6. The number of ether oxygens (including phenoxy) is 2. The van der Waals surface area contributed by atoms with E-state index in [2.05, 4.69) is 34.3 Å². The molecule has 1 aliphatic carbocycles. The minimum atomic E-state index is -1.04. The molecule has 0 bridgehead atoms. The summed E-state index contributed by atoms with van der Waals surface area (Å²) < 4.78 is 10.9. The second-order valence-electron chi connectivity index (χ2n) is 8.70. The van der Waals surface area contributed by atoms with Crippen LogP contribution in [-0.4, -0.2) is 47.4 Å². The van der Waals surface area contributed by atoms with Gasteiger partial charge in [0, 0.05) is 47.3 Å². The Morgan fingerprint density at radius 2 is 2.09 bits per heavy atom. The summed E-state index contributed by atoms with van der Waals surface area (Å²) in [5.41, 5.74) is 13.7. The van der Waals surface area contributed by atoms with Gasteiger partial charge in [0.05, 0.1) is 20.3 Å². The Morgan fingerprint density at radius 3 is 2.80 bits per heavy atom. The van der Waals surface area contributed by atoms with Gasteiger partial charge in [0.15, 0.2) is 0 Å². The lowest BCUT2D eigenvalue weighted by Gasteiger charge is -2.26. The number of benzene rings is 1. The van der Waals surface area contributed by atoms with E-state index in [0.717, 1.165) is 35.2 Å². The Morgan fingerprint density at radius 1 is 1.31 bits per heavy atom. The van der Waals surface area contributed by atoms with Crippen molar-refractivity contribution in [3.05, 3.63) is 47.4 Å². The van der Waals surface area contributed by atoms with Crippen molar-refractivity contribution in [2.24, 2.45) is 17.4 Å². The highest BCUT2D eigenvalue weighted by molar-refractivity contribution is 8.00. The molecule has 3 atom stereocenters. The Labute approximate surface area is 216 Å². The van der Waals surface area contributed by atoms with Gasteiger partial charge >= 0.3 is 0 Å². The number of hydrogen-bond donors (Lipinski definition) is 5. The van der Waals surface area contributed by atoms with Gasteiger partial charge in [0.2, 0.25) is 0 Å². The maximum absolute atomic E-state index is 10.7. The molecule has 1 aromatic rings. The van der Waals surface area contributed by atoms with Crippen LogP contribution in [-0.2, 0) is 9.47 Å². The summed E-state index contributed by atoms with van der Waals surface area (Å²) in [6.07, 6.45) is 6.89. The Balaban J connectivity index is 1.60. The molecule has 9 heteroatoms. The number of dihydropyridines is 1. The van der Waals surface area contributed by atoms with Crippen molar-refractivity contribution in [3.8, 4) is 23.7 Å². The van der Waals surface area contributed by atoms with Gasteiger partial charge in [-0.15, -0.1) is 0 Å². The zero-order valence-electron chi connectivity index (χ0n) is 19.6. The molecule has 7 nitrogen and oxygen atoms in total. The number of anilines is 1. The largest absolute Gasteiger partial charge is 0.495 e. The average molecular weight is 515 g/mol. The van der Waals surface area contributed by atoms with Crippen LogP contribution in [0.2, 0.25) is 0 Å². The smallest absolute Gasteiger partial charge is 0.142 e. The van der Waals surface area contributed by atoms with Crippen molar-refractivity contribution in [1.29, 1.82) is 0 Å². The molecule has 35 heavy (non-hydrogen) atoms. The highest BCUT2D eigenvalue weighted by atomic mass is 35.5. The van der Waals surface area contributed by atoms with Gasteiger partial charge in [0.1, 0.15) is 27.7 Å². The number of halogens is 1. The number of aliphatic hydroxyl groups is 1. The molecule has 1 saturated heterocycles. The monoisotopic (exact) mass is 514 g/mol. The first kappa shape index (κ1) is 25.8. The van der Waals surface area contributed by atoms with Crippen LogP contribution in [0.5, 0.6) is 0 Å². The first-order valence-corrected chi connectivity index (χ1v) is 13.0. The van der Waals surface area contributed by atoms with Gasteiger partial charge < -0.3 is 36.7 Å². The predicted molar refractivity (Wildman–Crippen MR) is 142 cm³/mol. The second kappa shape index (κ2) is 11.6. The van der Waals surface area contributed by atoms with E-state index < -0.39 is 16.6 Å². The predicted octanol–water partition coefficient (Wildman–Crippen LogP) is 2.70. The molecule has 186 valence electrons. The molecule has 3 unspecified atom stereocenters. The van der Waals surface area contributed by atoms with Crippen LogP contribution in [0.25, 0.3) is 5.57 Å². The van der Waals surface area contributed by atoms with Crippen LogP contribution in [0.1, 0.15) is 36.8 Å². The summed E-state index contributed by atoms with van der Waals surface area (Å²) in [6, 6.07) is 5.74. The summed E-state index contributed by atoms with van der Waals surface area (Å²) in [5, 5.41) is 16.7. The zero-order chi connectivity index (χ0) is 24.8. The highest BCUT2D eigenvalue weighted by Gasteiger charge is 2.27. The molecular weight excluding hydrogens is 484 g/mol. The van der Waals surface area contributed by atoms with Crippen molar-refractivity contribution < 1.29 is 14.6 Å². The van der Waals surface area contributed by atoms with E-state index in [9.17, 15) is 5.11 Å². The summed E-state index contributed by atoms with van der Waals surface area (Å²) in [7, 11) is 1.60. The normalized spacial score (nSPS) is 22.6. The van der Waals surface area contributed by atoms with Crippen molar-refractivity contribution >= 4 is 34.6 Å². The molecule has 2 heterocycles. The quantitative estimate of drug-likeness (QED) is 0.170. The Bertz CT molecular complexity index is 1110. The molecule has 2 aliphatic heterocycles. The molecule has 0 amide bonds. The van der Waals surface area contributed by atoms with Crippen LogP contribution >= 0.6 is 23.4 Å². The van der Waals surface area contributed by atoms with E-state index >= 15 is 0 Å².